The minimum Gasteiger partial charge on any atom is -0.480 e. The predicted octanol–water partition coefficient (Wildman–Crippen LogP) is 2.92. The van der Waals surface area contributed by atoms with Crippen LogP contribution >= 0.6 is 0 Å². The second-order valence-corrected chi connectivity index (χ2v) is 7.50. The second kappa shape index (κ2) is 8.07. The number of azo groups is 1. The van der Waals surface area contributed by atoms with E-state index in [0.29, 0.717) is 11.4 Å². The Kier molecular flexibility index (Phi) is 6.06. The smallest absolute Gasteiger partial charge is 0.321 e. The highest BCUT2D eigenvalue weighted by molar-refractivity contribution is 7.89. The van der Waals surface area contributed by atoms with Crippen LogP contribution in [0.2, 0.25) is 0 Å². The summed E-state index contributed by atoms with van der Waals surface area (Å²) in [6, 6.07) is 12.0. The van der Waals surface area contributed by atoms with Gasteiger partial charge in [-0.25, -0.2) is 8.42 Å². The van der Waals surface area contributed by atoms with Crippen molar-refractivity contribution in [3.8, 4) is 0 Å². The maximum atomic E-state index is 12.1. The number of aliphatic carboxylic acids is 1. The summed E-state index contributed by atoms with van der Waals surface area (Å²) < 4.78 is 26.3. The molecule has 8 nitrogen and oxygen atoms in total. The number of hydrogen-bond acceptors (Lipinski definition) is 6. The van der Waals surface area contributed by atoms with Crippen molar-refractivity contribution < 1.29 is 18.3 Å². The van der Waals surface area contributed by atoms with Crippen molar-refractivity contribution in [2.75, 3.05) is 19.0 Å². The molecule has 2 aromatic carbocycles. The van der Waals surface area contributed by atoms with Crippen molar-refractivity contribution in [2.24, 2.45) is 10.2 Å². The van der Waals surface area contributed by atoms with Gasteiger partial charge in [0, 0.05) is 19.8 Å². The van der Waals surface area contributed by atoms with Crippen LogP contribution in [-0.2, 0) is 14.8 Å². The lowest BCUT2D eigenvalue weighted by Gasteiger charge is -2.11. The van der Waals surface area contributed by atoms with Crippen LogP contribution in [-0.4, -0.2) is 39.6 Å². The molecule has 9 heteroatoms. The molecular weight excluding hydrogens is 356 g/mol. The van der Waals surface area contributed by atoms with E-state index in [2.05, 4.69) is 15.0 Å². The molecule has 138 valence electrons. The van der Waals surface area contributed by atoms with Crippen LogP contribution in [0.5, 0.6) is 0 Å². The molecule has 0 fully saturated rings. The Balaban J connectivity index is 2.10. The first kappa shape index (κ1) is 19.5. The topological polar surface area (TPSA) is 111 Å². The Labute approximate surface area is 152 Å². The number of nitrogens with zero attached hydrogens (tertiary/aromatic N) is 3. The molecule has 0 saturated carbocycles. The largest absolute Gasteiger partial charge is 0.480 e. The highest BCUT2D eigenvalue weighted by Gasteiger charge is 2.21. The number of sulfonamides is 1. The third-order valence-electron chi connectivity index (χ3n) is 3.50. The van der Waals surface area contributed by atoms with E-state index in [1.807, 2.05) is 43.3 Å². The van der Waals surface area contributed by atoms with Crippen LogP contribution in [0, 0.1) is 0 Å². The maximum Gasteiger partial charge on any atom is 0.321 e. The molecule has 0 aliphatic heterocycles. The second-order valence-electron chi connectivity index (χ2n) is 5.79. The SMILES string of the molecule is CC(NS(=O)(=O)c1ccc(N=Nc2ccc(N(C)C)cc2)cc1)C(=O)O. The van der Waals surface area contributed by atoms with Crippen LogP contribution in [0.25, 0.3) is 0 Å². The normalized spacial score (nSPS) is 12.9. The highest BCUT2D eigenvalue weighted by atomic mass is 32.2. The molecule has 1 unspecified atom stereocenters. The van der Waals surface area contributed by atoms with E-state index in [-0.39, 0.29) is 4.90 Å². The van der Waals surface area contributed by atoms with Crippen LogP contribution < -0.4 is 9.62 Å². The molecule has 0 saturated heterocycles. The summed E-state index contributed by atoms with van der Waals surface area (Å²) in [7, 11) is -0.0238. The number of hydrogen-bond donors (Lipinski definition) is 2. The summed E-state index contributed by atoms with van der Waals surface area (Å²) in [5, 5.41) is 17.0. The van der Waals surface area contributed by atoms with E-state index < -0.39 is 22.0 Å². The Morgan fingerprint density at radius 3 is 1.88 bits per heavy atom. The number of carboxylic acid groups (broad SMARTS) is 1. The van der Waals surface area contributed by atoms with Crippen molar-refractivity contribution in [3.63, 3.8) is 0 Å². The van der Waals surface area contributed by atoms with Gasteiger partial charge in [0.2, 0.25) is 10.0 Å². The van der Waals surface area contributed by atoms with E-state index >= 15 is 0 Å². The van der Waals surface area contributed by atoms with E-state index in [1.165, 1.54) is 31.2 Å². The maximum absolute atomic E-state index is 12.1. The summed E-state index contributed by atoms with van der Waals surface area (Å²) in [5.41, 5.74) is 2.19. The monoisotopic (exact) mass is 376 g/mol. The van der Waals surface area contributed by atoms with Gasteiger partial charge in [-0.15, -0.1) is 0 Å². The molecule has 2 N–H and O–H groups in total. The van der Waals surface area contributed by atoms with Gasteiger partial charge in [0.15, 0.2) is 0 Å². The standard InChI is InChI=1S/C17H20N4O4S/c1-12(17(22)23)20-26(24,25)16-10-6-14(7-11-16)19-18-13-4-8-15(9-5-13)21(2)3/h4-12,20H,1-3H3,(H,22,23). The molecule has 2 rings (SSSR count). The molecule has 1 atom stereocenters. The minimum absolute atomic E-state index is 0.0418. The number of nitrogens with one attached hydrogen (secondary N) is 1. The summed E-state index contributed by atoms with van der Waals surface area (Å²) >= 11 is 0. The van der Waals surface area contributed by atoms with Crippen molar-refractivity contribution in [2.45, 2.75) is 17.9 Å². The third kappa shape index (κ3) is 5.11. The molecule has 0 bridgehead atoms. The van der Waals surface area contributed by atoms with Gasteiger partial charge in [0.25, 0.3) is 0 Å². The van der Waals surface area contributed by atoms with E-state index in [9.17, 15) is 13.2 Å². The van der Waals surface area contributed by atoms with Crippen molar-refractivity contribution in [1.29, 1.82) is 0 Å². The highest BCUT2D eigenvalue weighted by Crippen LogP contribution is 2.22. The van der Waals surface area contributed by atoms with E-state index in [1.54, 1.807) is 0 Å². The molecule has 0 spiro atoms. The molecular formula is C17H20N4O4S. The first-order valence-electron chi connectivity index (χ1n) is 7.73. The van der Waals surface area contributed by atoms with Crippen molar-refractivity contribution in [3.05, 3.63) is 48.5 Å². The predicted molar refractivity (Wildman–Crippen MR) is 98.8 cm³/mol. The lowest BCUT2D eigenvalue weighted by atomic mass is 10.3. The van der Waals surface area contributed by atoms with E-state index in [4.69, 9.17) is 5.11 Å². The molecule has 0 radical (unpaired) electrons. The first-order chi connectivity index (χ1) is 12.2. The van der Waals surface area contributed by atoms with Crippen LogP contribution in [0.15, 0.2) is 63.7 Å². The Bertz CT molecular complexity index is 891. The zero-order valence-electron chi connectivity index (χ0n) is 14.6. The number of rotatable bonds is 7. The summed E-state index contributed by atoms with van der Waals surface area (Å²) in [6.07, 6.45) is 0. The van der Waals surface area contributed by atoms with Gasteiger partial charge in [-0.1, -0.05) is 0 Å². The number of anilines is 1. The third-order valence-corrected chi connectivity index (χ3v) is 5.05. The van der Waals surface area contributed by atoms with Crippen molar-refractivity contribution in [1.82, 2.24) is 4.72 Å². The summed E-state index contributed by atoms with van der Waals surface area (Å²) in [5.74, 6) is -1.25. The minimum atomic E-state index is -3.91. The van der Waals surface area contributed by atoms with Gasteiger partial charge < -0.3 is 10.0 Å². The molecule has 0 amide bonds. The van der Waals surface area contributed by atoms with Gasteiger partial charge in [-0.2, -0.15) is 15.0 Å². The van der Waals surface area contributed by atoms with Gasteiger partial charge >= 0.3 is 5.97 Å². The molecule has 26 heavy (non-hydrogen) atoms. The number of carboxylic acids is 1. The van der Waals surface area contributed by atoms with Gasteiger partial charge in [-0.3, -0.25) is 4.79 Å². The van der Waals surface area contributed by atoms with Gasteiger partial charge in [0.05, 0.1) is 16.3 Å². The summed E-state index contributed by atoms with van der Waals surface area (Å²) in [6.45, 7) is 1.25. The lowest BCUT2D eigenvalue weighted by molar-refractivity contribution is -0.138. The van der Waals surface area contributed by atoms with Crippen LogP contribution in [0.3, 0.4) is 0 Å². The van der Waals surface area contributed by atoms with E-state index in [0.717, 1.165) is 5.69 Å². The zero-order valence-corrected chi connectivity index (χ0v) is 15.4. The Morgan fingerprint density at radius 1 is 1.00 bits per heavy atom. The Morgan fingerprint density at radius 2 is 1.46 bits per heavy atom. The van der Waals surface area contributed by atoms with Gasteiger partial charge in [-0.05, 0) is 55.5 Å². The zero-order chi connectivity index (χ0) is 19.3. The molecule has 0 aromatic heterocycles. The average molecular weight is 376 g/mol. The molecule has 2 aromatic rings. The lowest BCUT2D eigenvalue weighted by Crippen LogP contribution is -2.38. The molecule has 0 heterocycles. The molecule has 0 aliphatic rings. The fourth-order valence-electron chi connectivity index (χ4n) is 1.98. The average Bonchev–Trinajstić information content (AvgIpc) is 2.60. The van der Waals surface area contributed by atoms with Crippen LogP contribution in [0.4, 0.5) is 17.1 Å². The number of carbonyl (C=O) groups is 1. The quantitative estimate of drug-likeness (QED) is 0.722. The Hall–Kier alpha value is -2.78. The summed E-state index contributed by atoms with van der Waals surface area (Å²) in [4.78, 5) is 12.7. The fourth-order valence-corrected chi connectivity index (χ4v) is 3.17. The van der Waals surface area contributed by atoms with Gasteiger partial charge in [0.1, 0.15) is 6.04 Å². The first-order valence-corrected chi connectivity index (χ1v) is 9.22. The number of benzene rings is 2. The fraction of sp³-hybridized carbons (Fsp3) is 0.235. The molecule has 0 aliphatic carbocycles. The van der Waals surface area contributed by atoms with Crippen LogP contribution in [0.1, 0.15) is 6.92 Å². The van der Waals surface area contributed by atoms with Crippen molar-refractivity contribution >= 4 is 33.1 Å².